The topological polar surface area (TPSA) is 175 Å². The van der Waals surface area contributed by atoms with Crippen molar-refractivity contribution in [3.63, 3.8) is 0 Å². The molecule has 1 heterocycles. The van der Waals surface area contributed by atoms with E-state index in [9.17, 15) is 23.1 Å². The molecule has 0 unspecified atom stereocenters. The zero-order valence-corrected chi connectivity index (χ0v) is 19.8. The minimum absolute atomic E-state index is 0.0209. The molecule has 15 heteroatoms. The molecule has 3 rings (SSSR count). The van der Waals surface area contributed by atoms with Crippen LogP contribution in [0.25, 0.3) is 20.9 Å². The normalized spacial score (nSPS) is 23.1. The number of ether oxygens (including phenoxy) is 3. The van der Waals surface area contributed by atoms with Crippen LogP contribution in [0.5, 0.6) is 0 Å². The molecule has 0 saturated carbocycles. The standard InChI is InChI=1S/C23H24F3N7O5/c24-23(25,26)22(35)29-16-8-6-14(7-9-16)10-11-37-21-19(31-33-28)18(30-32-27)20(34)17(38-21)13-36-12-15-4-2-1-3-5-15/h1-9,17-21,34H,10-13H2,(H,29,35)/t17-,18-,19+,20-,21+/m1/s1. The molecule has 1 amide bonds. The Bertz CT molecular complexity index is 1160. The maximum absolute atomic E-state index is 12.4. The van der Waals surface area contributed by atoms with Crippen molar-refractivity contribution in [2.75, 3.05) is 18.5 Å². The van der Waals surface area contributed by atoms with E-state index in [1.807, 2.05) is 30.3 Å². The Labute approximate surface area is 214 Å². The average molecular weight is 535 g/mol. The summed E-state index contributed by atoms with van der Waals surface area (Å²) in [4.78, 5) is 16.5. The number of carbonyl (C=O) groups is 1. The van der Waals surface area contributed by atoms with Gasteiger partial charge in [-0.15, -0.1) is 0 Å². The number of hydrogen-bond acceptors (Lipinski definition) is 7. The molecule has 0 radical (unpaired) electrons. The van der Waals surface area contributed by atoms with E-state index in [-0.39, 0.29) is 31.9 Å². The Morgan fingerprint density at radius 3 is 2.32 bits per heavy atom. The molecule has 2 N–H and O–H groups in total. The largest absolute Gasteiger partial charge is 0.471 e. The summed E-state index contributed by atoms with van der Waals surface area (Å²) in [6.07, 6.45) is -8.20. The van der Waals surface area contributed by atoms with E-state index in [1.165, 1.54) is 24.3 Å². The highest BCUT2D eigenvalue weighted by Gasteiger charge is 2.45. The van der Waals surface area contributed by atoms with Crippen molar-refractivity contribution in [3.05, 3.63) is 86.6 Å². The number of rotatable bonds is 11. The van der Waals surface area contributed by atoms with E-state index in [4.69, 9.17) is 25.3 Å². The highest BCUT2D eigenvalue weighted by molar-refractivity contribution is 5.94. The summed E-state index contributed by atoms with van der Waals surface area (Å²) < 4.78 is 54.4. The summed E-state index contributed by atoms with van der Waals surface area (Å²) in [5, 5.41) is 19.6. The van der Waals surface area contributed by atoms with Gasteiger partial charge in [0.15, 0.2) is 6.29 Å². The molecule has 1 aliphatic heterocycles. The monoisotopic (exact) mass is 535 g/mol. The molecule has 38 heavy (non-hydrogen) atoms. The number of amides is 1. The van der Waals surface area contributed by atoms with E-state index in [2.05, 4.69) is 20.1 Å². The van der Waals surface area contributed by atoms with Gasteiger partial charge in [0.1, 0.15) is 6.10 Å². The van der Waals surface area contributed by atoms with Crippen molar-refractivity contribution in [2.24, 2.45) is 10.2 Å². The van der Waals surface area contributed by atoms with Crippen LogP contribution in [0.3, 0.4) is 0 Å². The number of nitrogens with one attached hydrogen (secondary N) is 1. The van der Waals surface area contributed by atoms with Crippen molar-refractivity contribution >= 4 is 11.6 Å². The van der Waals surface area contributed by atoms with Gasteiger partial charge in [-0.1, -0.05) is 52.7 Å². The minimum atomic E-state index is -5.00. The Balaban J connectivity index is 1.61. The number of aliphatic hydroxyl groups excluding tert-OH is 1. The molecule has 0 aromatic heterocycles. The third kappa shape index (κ3) is 8.08. The van der Waals surface area contributed by atoms with Crippen LogP contribution in [0, 0.1) is 0 Å². The number of alkyl halides is 3. The molecule has 5 atom stereocenters. The predicted molar refractivity (Wildman–Crippen MR) is 127 cm³/mol. The molecule has 0 aliphatic carbocycles. The zero-order chi connectivity index (χ0) is 27.5. The molecular formula is C23H24F3N7O5. The maximum Gasteiger partial charge on any atom is 0.471 e. The Morgan fingerprint density at radius 1 is 1.03 bits per heavy atom. The third-order valence-electron chi connectivity index (χ3n) is 5.57. The fourth-order valence-corrected chi connectivity index (χ4v) is 3.69. The molecule has 1 saturated heterocycles. The van der Waals surface area contributed by atoms with Gasteiger partial charge in [0.25, 0.3) is 0 Å². The summed E-state index contributed by atoms with van der Waals surface area (Å²) in [6.45, 7) is 0.193. The number of carbonyl (C=O) groups excluding carboxylic acids is 1. The van der Waals surface area contributed by atoms with Gasteiger partial charge in [-0.25, -0.2) is 0 Å². The second kappa shape index (κ2) is 13.6. The first-order chi connectivity index (χ1) is 18.2. The van der Waals surface area contributed by atoms with Crippen LogP contribution in [0.4, 0.5) is 18.9 Å². The number of azide groups is 2. The third-order valence-corrected chi connectivity index (χ3v) is 5.57. The molecule has 12 nitrogen and oxygen atoms in total. The predicted octanol–water partition coefficient (Wildman–Crippen LogP) is 4.41. The van der Waals surface area contributed by atoms with E-state index < -0.39 is 42.7 Å². The maximum atomic E-state index is 12.4. The Morgan fingerprint density at radius 2 is 1.68 bits per heavy atom. The van der Waals surface area contributed by atoms with Gasteiger partial charge in [-0.2, -0.15) is 13.2 Å². The first kappa shape index (κ1) is 28.7. The summed E-state index contributed by atoms with van der Waals surface area (Å²) in [6, 6.07) is 12.6. The molecule has 1 fully saturated rings. The van der Waals surface area contributed by atoms with Crippen molar-refractivity contribution in [1.82, 2.24) is 0 Å². The quantitative estimate of drug-likeness (QED) is 0.246. The van der Waals surface area contributed by atoms with Gasteiger partial charge in [0.2, 0.25) is 0 Å². The van der Waals surface area contributed by atoms with E-state index in [0.29, 0.717) is 5.56 Å². The first-order valence-electron chi connectivity index (χ1n) is 11.3. The fourth-order valence-electron chi connectivity index (χ4n) is 3.69. The van der Waals surface area contributed by atoms with E-state index in [1.54, 1.807) is 5.32 Å². The number of benzene rings is 2. The van der Waals surface area contributed by atoms with Crippen molar-refractivity contribution in [1.29, 1.82) is 0 Å². The van der Waals surface area contributed by atoms with Gasteiger partial charge < -0.3 is 24.6 Å². The van der Waals surface area contributed by atoms with Crippen molar-refractivity contribution < 1.29 is 37.3 Å². The molecule has 202 valence electrons. The van der Waals surface area contributed by atoms with Gasteiger partial charge in [-0.05, 0) is 40.7 Å². The summed E-state index contributed by atoms with van der Waals surface area (Å²) in [5.41, 5.74) is 19.5. The van der Waals surface area contributed by atoms with Crippen LogP contribution in [0.15, 0.2) is 64.8 Å². The van der Waals surface area contributed by atoms with Gasteiger partial charge in [-0.3, -0.25) is 4.79 Å². The number of anilines is 1. The second-order valence-electron chi connectivity index (χ2n) is 8.19. The van der Waals surface area contributed by atoms with Gasteiger partial charge in [0.05, 0.1) is 38.0 Å². The Kier molecular flexibility index (Phi) is 10.3. The SMILES string of the molecule is [N-]=[N+]=N[C@@H]1[C@@H](OCCc2ccc(NC(=O)C(F)(F)F)cc2)O[C@H](COCc2ccccc2)[C@@H](O)[C@@H]1N=[N+]=[N-]. The molecule has 1 aliphatic rings. The van der Waals surface area contributed by atoms with Crippen molar-refractivity contribution in [2.45, 2.75) is 49.8 Å². The Hall–Kier alpha value is -3.84. The molecule has 2 aromatic carbocycles. The van der Waals surface area contributed by atoms with Crippen LogP contribution >= 0.6 is 0 Å². The number of nitrogens with zero attached hydrogens (tertiary/aromatic N) is 6. The number of aliphatic hydroxyl groups is 1. The van der Waals surface area contributed by atoms with Crippen molar-refractivity contribution in [3.8, 4) is 0 Å². The first-order valence-corrected chi connectivity index (χ1v) is 11.3. The average Bonchev–Trinajstić information content (AvgIpc) is 2.89. The minimum Gasteiger partial charge on any atom is -0.390 e. The summed E-state index contributed by atoms with van der Waals surface area (Å²) in [5.74, 6) is -2.08. The highest BCUT2D eigenvalue weighted by atomic mass is 19.4. The lowest BCUT2D eigenvalue weighted by atomic mass is 9.95. The van der Waals surface area contributed by atoms with Crippen LogP contribution in [-0.4, -0.2) is 61.0 Å². The van der Waals surface area contributed by atoms with Gasteiger partial charge in [0, 0.05) is 15.5 Å². The molecule has 0 spiro atoms. The van der Waals surface area contributed by atoms with Crippen LogP contribution in [0.1, 0.15) is 11.1 Å². The fraction of sp³-hybridized carbons (Fsp3) is 0.435. The lowest BCUT2D eigenvalue weighted by Crippen LogP contribution is -2.57. The summed E-state index contributed by atoms with van der Waals surface area (Å²) in [7, 11) is 0. The lowest BCUT2D eigenvalue weighted by molar-refractivity contribution is -0.245. The van der Waals surface area contributed by atoms with Crippen LogP contribution in [0.2, 0.25) is 0 Å². The zero-order valence-electron chi connectivity index (χ0n) is 19.8. The number of halogens is 3. The smallest absolute Gasteiger partial charge is 0.390 e. The van der Waals surface area contributed by atoms with Crippen LogP contribution in [-0.2, 0) is 32.0 Å². The molecular weight excluding hydrogens is 511 g/mol. The number of hydrogen-bond donors (Lipinski definition) is 2. The second-order valence-corrected chi connectivity index (χ2v) is 8.19. The highest BCUT2D eigenvalue weighted by Crippen LogP contribution is 2.28. The lowest BCUT2D eigenvalue weighted by Gasteiger charge is -2.41. The summed E-state index contributed by atoms with van der Waals surface area (Å²) >= 11 is 0. The van der Waals surface area contributed by atoms with E-state index >= 15 is 0 Å². The molecule has 0 bridgehead atoms. The van der Waals surface area contributed by atoms with Gasteiger partial charge >= 0.3 is 12.1 Å². The van der Waals surface area contributed by atoms with Crippen LogP contribution < -0.4 is 5.32 Å². The molecule has 2 aromatic rings. The van der Waals surface area contributed by atoms with E-state index in [0.717, 1.165) is 5.56 Å².